The Kier molecular flexibility index (Phi) is 6.01. The standard InChI is InChI=1S/C22H25N3O6/c1-28-15-7-8-16(19(13-15)29-2)23-22(27)25-11-9-24(10-12-25)21(26)20-14-30-17-5-3-4-6-18(17)31-20/h3-8,13,20H,9-12,14H2,1-2H3,(H,23,27)/t20-/m1/s1. The second-order valence-corrected chi connectivity index (χ2v) is 7.17. The van der Waals surface area contributed by atoms with Crippen LogP contribution in [0.25, 0.3) is 0 Å². The number of hydrogen-bond donors (Lipinski definition) is 1. The van der Waals surface area contributed by atoms with Crippen LogP contribution < -0.4 is 24.3 Å². The lowest BCUT2D eigenvalue weighted by molar-refractivity contribution is -0.142. The smallest absolute Gasteiger partial charge is 0.322 e. The number of ether oxygens (including phenoxy) is 4. The molecule has 164 valence electrons. The first-order valence-corrected chi connectivity index (χ1v) is 10.0. The van der Waals surface area contributed by atoms with Crippen LogP contribution in [0.2, 0.25) is 0 Å². The Balaban J connectivity index is 1.31. The molecule has 1 atom stereocenters. The Morgan fingerprint density at radius 2 is 1.68 bits per heavy atom. The van der Waals surface area contributed by atoms with Gasteiger partial charge in [-0.15, -0.1) is 0 Å². The van der Waals surface area contributed by atoms with E-state index in [0.29, 0.717) is 54.9 Å². The Bertz CT molecular complexity index is 958. The molecule has 0 aromatic heterocycles. The summed E-state index contributed by atoms with van der Waals surface area (Å²) in [6.45, 7) is 1.86. The molecule has 0 aliphatic carbocycles. The van der Waals surface area contributed by atoms with E-state index in [-0.39, 0.29) is 18.5 Å². The van der Waals surface area contributed by atoms with Crippen LogP contribution in [0.4, 0.5) is 10.5 Å². The summed E-state index contributed by atoms with van der Waals surface area (Å²) in [5.74, 6) is 2.22. The van der Waals surface area contributed by atoms with E-state index in [0.717, 1.165) is 0 Å². The summed E-state index contributed by atoms with van der Waals surface area (Å²) in [5, 5.41) is 2.86. The highest BCUT2D eigenvalue weighted by Crippen LogP contribution is 2.32. The molecule has 1 N–H and O–H groups in total. The van der Waals surface area contributed by atoms with Gasteiger partial charge in [-0.2, -0.15) is 0 Å². The van der Waals surface area contributed by atoms with Gasteiger partial charge in [0.25, 0.3) is 5.91 Å². The molecule has 2 aliphatic rings. The van der Waals surface area contributed by atoms with Crippen molar-refractivity contribution in [1.29, 1.82) is 0 Å². The summed E-state index contributed by atoms with van der Waals surface area (Å²) in [6, 6.07) is 12.2. The van der Waals surface area contributed by atoms with Gasteiger partial charge in [-0.25, -0.2) is 4.79 Å². The first kappa shape index (κ1) is 20.6. The van der Waals surface area contributed by atoms with Crippen molar-refractivity contribution in [3.05, 3.63) is 42.5 Å². The van der Waals surface area contributed by atoms with Crippen LogP contribution in [-0.2, 0) is 4.79 Å². The molecule has 0 bridgehead atoms. The summed E-state index contributed by atoms with van der Waals surface area (Å²) in [6.07, 6.45) is -0.682. The van der Waals surface area contributed by atoms with Gasteiger partial charge in [0.05, 0.1) is 19.9 Å². The Morgan fingerprint density at radius 1 is 0.968 bits per heavy atom. The number of nitrogens with one attached hydrogen (secondary N) is 1. The van der Waals surface area contributed by atoms with E-state index in [1.807, 2.05) is 18.2 Å². The number of piperazine rings is 1. The zero-order chi connectivity index (χ0) is 21.8. The Hall–Kier alpha value is -3.62. The highest BCUT2D eigenvalue weighted by Gasteiger charge is 2.33. The summed E-state index contributed by atoms with van der Waals surface area (Å²) in [4.78, 5) is 28.9. The molecule has 2 heterocycles. The number of methoxy groups -OCH3 is 2. The third-order valence-corrected chi connectivity index (χ3v) is 5.31. The minimum atomic E-state index is -0.682. The number of amides is 3. The number of nitrogens with zero attached hydrogens (tertiary/aromatic N) is 2. The summed E-state index contributed by atoms with van der Waals surface area (Å²) in [7, 11) is 3.10. The average Bonchev–Trinajstić information content (AvgIpc) is 2.83. The van der Waals surface area contributed by atoms with Crippen molar-refractivity contribution in [2.45, 2.75) is 6.10 Å². The van der Waals surface area contributed by atoms with Crippen LogP contribution in [0.1, 0.15) is 0 Å². The number of para-hydroxylation sites is 2. The van der Waals surface area contributed by atoms with Gasteiger partial charge in [0.1, 0.15) is 18.1 Å². The van der Waals surface area contributed by atoms with E-state index in [1.54, 1.807) is 41.2 Å². The monoisotopic (exact) mass is 427 g/mol. The highest BCUT2D eigenvalue weighted by atomic mass is 16.6. The van der Waals surface area contributed by atoms with E-state index in [2.05, 4.69) is 5.32 Å². The predicted molar refractivity (Wildman–Crippen MR) is 113 cm³/mol. The van der Waals surface area contributed by atoms with E-state index in [1.165, 1.54) is 7.11 Å². The Labute approximate surface area is 180 Å². The molecule has 2 aliphatic heterocycles. The summed E-state index contributed by atoms with van der Waals surface area (Å²) in [5.41, 5.74) is 0.554. The van der Waals surface area contributed by atoms with Crippen LogP contribution in [-0.4, -0.2) is 74.8 Å². The van der Waals surface area contributed by atoms with E-state index in [4.69, 9.17) is 18.9 Å². The van der Waals surface area contributed by atoms with Crippen molar-refractivity contribution in [3.63, 3.8) is 0 Å². The lowest BCUT2D eigenvalue weighted by Gasteiger charge is -2.37. The minimum Gasteiger partial charge on any atom is -0.497 e. The number of carbonyl (C=O) groups excluding carboxylic acids is 2. The molecular formula is C22H25N3O6. The molecule has 1 saturated heterocycles. The SMILES string of the molecule is COc1ccc(NC(=O)N2CCN(C(=O)[C@H]3COc4ccccc4O3)CC2)c(OC)c1. The zero-order valence-electron chi connectivity index (χ0n) is 17.5. The van der Waals surface area contributed by atoms with E-state index < -0.39 is 6.10 Å². The quantitative estimate of drug-likeness (QED) is 0.805. The van der Waals surface area contributed by atoms with E-state index in [9.17, 15) is 9.59 Å². The molecule has 0 radical (unpaired) electrons. The molecule has 9 heteroatoms. The van der Waals surface area contributed by atoms with Crippen LogP contribution in [0.15, 0.2) is 42.5 Å². The number of benzene rings is 2. The normalized spacial score (nSPS) is 17.7. The topological polar surface area (TPSA) is 89.6 Å². The molecule has 1 fully saturated rings. The maximum Gasteiger partial charge on any atom is 0.322 e. The third-order valence-electron chi connectivity index (χ3n) is 5.31. The summed E-state index contributed by atoms with van der Waals surface area (Å²) < 4.78 is 22.0. The van der Waals surface area contributed by atoms with Crippen LogP contribution >= 0.6 is 0 Å². The first-order chi connectivity index (χ1) is 15.1. The maximum absolute atomic E-state index is 12.8. The Morgan fingerprint density at radius 3 is 2.39 bits per heavy atom. The summed E-state index contributed by atoms with van der Waals surface area (Å²) >= 11 is 0. The number of rotatable bonds is 4. The van der Waals surface area contributed by atoms with Gasteiger partial charge in [-0.1, -0.05) is 12.1 Å². The molecule has 0 spiro atoms. The predicted octanol–water partition coefficient (Wildman–Crippen LogP) is 2.22. The van der Waals surface area contributed by atoms with E-state index >= 15 is 0 Å². The largest absolute Gasteiger partial charge is 0.497 e. The lowest BCUT2D eigenvalue weighted by atomic mass is 10.2. The van der Waals surface area contributed by atoms with Crippen molar-refractivity contribution in [1.82, 2.24) is 9.80 Å². The molecule has 0 unspecified atom stereocenters. The van der Waals surface area contributed by atoms with Gasteiger partial charge < -0.3 is 34.1 Å². The first-order valence-electron chi connectivity index (χ1n) is 10.0. The van der Waals surface area contributed by atoms with Gasteiger partial charge in [0.15, 0.2) is 11.5 Å². The molecule has 2 aromatic carbocycles. The average molecular weight is 427 g/mol. The van der Waals surface area contributed by atoms with Crippen molar-refractivity contribution in [2.24, 2.45) is 0 Å². The van der Waals surface area contributed by atoms with Crippen molar-refractivity contribution < 1.29 is 28.5 Å². The van der Waals surface area contributed by atoms with Gasteiger partial charge in [0.2, 0.25) is 6.10 Å². The van der Waals surface area contributed by atoms with Crippen LogP contribution in [0.5, 0.6) is 23.0 Å². The molecule has 9 nitrogen and oxygen atoms in total. The van der Waals surface area contributed by atoms with Crippen molar-refractivity contribution >= 4 is 17.6 Å². The second kappa shape index (κ2) is 9.03. The fraction of sp³-hybridized carbons (Fsp3) is 0.364. The van der Waals surface area contributed by atoms with Gasteiger partial charge in [0, 0.05) is 32.2 Å². The molecular weight excluding hydrogens is 402 g/mol. The number of anilines is 1. The van der Waals surface area contributed by atoms with Crippen LogP contribution in [0.3, 0.4) is 0 Å². The lowest BCUT2D eigenvalue weighted by Crippen LogP contribution is -2.55. The number of fused-ring (bicyclic) bond motifs is 1. The minimum absolute atomic E-state index is 0.133. The number of urea groups is 1. The zero-order valence-corrected chi connectivity index (χ0v) is 17.5. The fourth-order valence-corrected chi connectivity index (χ4v) is 3.57. The molecule has 31 heavy (non-hydrogen) atoms. The fourth-order valence-electron chi connectivity index (χ4n) is 3.57. The molecule has 2 aromatic rings. The molecule has 3 amide bonds. The second-order valence-electron chi connectivity index (χ2n) is 7.17. The third kappa shape index (κ3) is 4.45. The number of hydrogen-bond acceptors (Lipinski definition) is 6. The molecule has 0 saturated carbocycles. The maximum atomic E-state index is 12.8. The highest BCUT2D eigenvalue weighted by molar-refractivity contribution is 5.91. The van der Waals surface area contributed by atoms with Crippen molar-refractivity contribution in [2.75, 3.05) is 52.3 Å². The van der Waals surface area contributed by atoms with Gasteiger partial charge >= 0.3 is 6.03 Å². The van der Waals surface area contributed by atoms with Gasteiger partial charge in [-0.3, -0.25) is 4.79 Å². The van der Waals surface area contributed by atoms with Crippen LogP contribution in [0, 0.1) is 0 Å². The number of carbonyl (C=O) groups is 2. The molecule has 4 rings (SSSR count). The van der Waals surface area contributed by atoms with Crippen molar-refractivity contribution in [3.8, 4) is 23.0 Å². The van der Waals surface area contributed by atoms with Gasteiger partial charge in [-0.05, 0) is 24.3 Å².